The SMILES string of the molecule is CC[C@H]1CN(C(=O)Nc2cccc(Cl)c2C)c2cc(C)ccc2O1. The third-order valence-electron chi connectivity index (χ3n) is 4.29. The standard InChI is InChI=1S/C19H21ClN2O2/c1-4-14-11-22(17-10-12(2)8-9-18(17)24-14)19(23)21-16-7-5-6-15(20)13(16)3/h5-10,14H,4,11H2,1-3H3,(H,21,23)/t14-/m0/s1. The minimum Gasteiger partial charge on any atom is -0.486 e. The third-order valence-corrected chi connectivity index (χ3v) is 4.70. The number of hydrogen-bond acceptors (Lipinski definition) is 2. The molecule has 2 amide bonds. The summed E-state index contributed by atoms with van der Waals surface area (Å²) in [4.78, 5) is 14.6. The summed E-state index contributed by atoms with van der Waals surface area (Å²) in [5.41, 5.74) is 3.47. The molecule has 1 heterocycles. The van der Waals surface area contributed by atoms with Crippen LogP contribution in [0.25, 0.3) is 0 Å². The Morgan fingerprint density at radius 2 is 2.12 bits per heavy atom. The first-order chi connectivity index (χ1) is 11.5. The van der Waals surface area contributed by atoms with Crippen LogP contribution in [0.3, 0.4) is 0 Å². The Morgan fingerprint density at radius 3 is 2.88 bits per heavy atom. The van der Waals surface area contributed by atoms with Gasteiger partial charge in [0.2, 0.25) is 0 Å². The Labute approximate surface area is 147 Å². The molecule has 2 aromatic carbocycles. The van der Waals surface area contributed by atoms with Gasteiger partial charge in [0.25, 0.3) is 0 Å². The van der Waals surface area contributed by atoms with E-state index in [1.807, 2.05) is 50.2 Å². The molecule has 126 valence electrons. The van der Waals surface area contributed by atoms with E-state index in [2.05, 4.69) is 12.2 Å². The normalized spacial score (nSPS) is 16.3. The minimum absolute atomic E-state index is 0.00795. The molecule has 24 heavy (non-hydrogen) atoms. The Bertz CT molecular complexity index is 776. The lowest BCUT2D eigenvalue weighted by Crippen LogP contribution is -2.45. The first kappa shape index (κ1) is 16.7. The van der Waals surface area contributed by atoms with Gasteiger partial charge in [0.15, 0.2) is 0 Å². The van der Waals surface area contributed by atoms with Gasteiger partial charge in [-0.15, -0.1) is 0 Å². The molecule has 1 atom stereocenters. The van der Waals surface area contributed by atoms with Crippen molar-refractivity contribution in [1.82, 2.24) is 0 Å². The maximum absolute atomic E-state index is 12.9. The predicted molar refractivity (Wildman–Crippen MR) is 98.4 cm³/mol. The minimum atomic E-state index is -0.172. The number of carbonyl (C=O) groups excluding carboxylic acids is 1. The molecule has 1 N–H and O–H groups in total. The molecule has 0 aromatic heterocycles. The van der Waals surface area contributed by atoms with Gasteiger partial charge in [0.1, 0.15) is 11.9 Å². The van der Waals surface area contributed by atoms with Crippen LogP contribution in [0.1, 0.15) is 24.5 Å². The van der Waals surface area contributed by atoms with Gasteiger partial charge in [-0.05, 0) is 55.7 Å². The Hall–Kier alpha value is -2.20. The second kappa shape index (κ2) is 6.73. The van der Waals surface area contributed by atoms with Crippen molar-refractivity contribution >= 4 is 29.0 Å². The van der Waals surface area contributed by atoms with Gasteiger partial charge in [-0.1, -0.05) is 30.7 Å². The number of urea groups is 1. The summed E-state index contributed by atoms with van der Waals surface area (Å²) >= 11 is 6.15. The molecule has 5 heteroatoms. The van der Waals surface area contributed by atoms with Gasteiger partial charge >= 0.3 is 6.03 Å². The number of ether oxygens (including phenoxy) is 1. The van der Waals surface area contributed by atoms with E-state index in [4.69, 9.17) is 16.3 Å². The summed E-state index contributed by atoms with van der Waals surface area (Å²) in [6.07, 6.45) is 0.833. The van der Waals surface area contributed by atoms with E-state index in [0.717, 1.165) is 34.7 Å². The molecule has 0 saturated carbocycles. The van der Waals surface area contributed by atoms with Crippen molar-refractivity contribution in [3.63, 3.8) is 0 Å². The molecule has 0 bridgehead atoms. The maximum atomic E-state index is 12.9. The van der Waals surface area contributed by atoms with Gasteiger partial charge in [-0.25, -0.2) is 4.79 Å². The molecule has 0 saturated heterocycles. The number of fused-ring (bicyclic) bond motifs is 1. The van der Waals surface area contributed by atoms with Gasteiger partial charge < -0.3 is 10.1 Å². The van der Waals surface area contributed by atoms with E-state index in [1.54, 1.807) is 4.90 Å². The summed E-state index contributed by atoms with van der Waals surface area (Å²) in [6.45, 7) is 6.48. The van der Waals surface area contributed by atoms with Crippen LogP contribution < -0.4 is 15.0 Å². The summed E-state index contributed by atoms with van der Waals surface area (Å²) < 4.78 is 5.97. The number of anilines is 2. The zero-order chi connectivity index (χ0) is 17.3. The second-order valence-electron chi connectivity index (χ2n) is 6.07. The summed E-state index contributed by atoms with van der Waals surface area (Å²) in [5, 5.41) is 3.61. The average molecular weight is 345 g/mol. The van der Waals surface area contributed by atoms with Crippen LogP contribution in [-0.2, 0) is 0 Å². The first-order valence-electron chi connectivity index (χ1n) is 8.10. The van der Waals surface area contributed by atoms with Crippen LogP contribution in [-0.4, -0.2) is 18.7 Å². The second-order valence-corrected chi connectivity index (χ2v) is 6.48. The van der Waals surface area contributed by atoms with E-state index >= 15 is 0 Å². The molecule has 4 nitrogen and oxygen atoms in total. The van der Waals surface area contributed by atoms with Crippen LogP contribution in [0.15, 0.2) is 36.4 Å². The highest BCUT2D eigenvalue weighted by atomic mass is 35.5. The van der Waals surface area contributed by atoms with Crippen LogP contribution in [0.4, 0.5) is 16.2 Å². The lowest BCUT2D eigenvalue weighted by atomic mass is 10.1. The topological polar surface area (TPSA) is 41.6 Å². The smallest absolute Gasteiger partial charge is 0.326 e. The molecule has 1 aliphatic rings. The first-order valence-corrected chi connectivity index (χ1v) is 8.48. The number of nitrogens with zero attached hydrogens (tertiary/aromatic N) is 1. The number of nitrogens with one attached hydrogen (secondary N) is 1. The molecule has 0 fully saturated rings. The number of amides is 2. The molecule has 1 aliphatic heterocycles. The quantitative estimate of drug-likeness (QED) is 0.816. The highest BCUT2D eigenvalue weighted by Gasteiger charge is 2.29. The van der Waals surface area contributed by atoms with Crippen molar-refractivity contribution in [2.24, 2.45) is 0 Å². The molecular formula is C19H21ClN2O2. The number of halogens is 1. The third kappa shape index (κ3) is 3.20. The van der Waals surface area contributed by atoms with Gasteiger partial charge in [-0.3, -0.25) is 4.90 Å². The van der Waals surface area contributed by atoms with Crippen molar-refractivity contribution in [3.8, 4) is 5.75 Å². The van der Waals surface area contributed by atoms with Crippen molar-refractivity contribution in [3.05, 3.63) is 52.5 Å². The van der Waals surface area contributed by atoms with Crippen molar-refractivity contribution < 1.29 is 9.53 Å². The predicted octanol–water partition coefficient (Wildman–Crippen LogP) is 5.17. The molecule has 2 aromatic rings. The summed E-state index contributed by atoms with van der Waals surface area (Å²) in [7, 11) is 0. The maximum Gasteiger partial charge on any atom is 0.326 e. The van der Waals surface area contributed by atoms with E-state index in [0.29, 0.717) is 11.6 Å². The van der Waals surface area contributed by atoms with E-state index < -0.39 is 0 Å². The van der Waals surface area contributed by atoms with Crippen molar-refractivity contribution in [2.75, 3.05) is 16.8 Å². The number of carbonyl (C=O) groups is 1. The lowest BCUT2D eigenvalue weighted by molar-refractivity contribution is 0.188. The van der Waals surface area contributed by atoms with Gasteiger partial charge in [0.05, 0.1) is 12.2 Å². The highest BCUT2D eigenvalue weighted by molar-refractivity contribution is 6.31. The fraction of sp³-hybridized carbons (Fsp3) is 0.316. The molecule has 0 spiro atoms. The summed E-state index contributed by atoms with van der Waals surface area (Å²) in [6, 6.07) is 11.2. The van der Waals surface area contributed by atoms with E-state index in [-0.39, 0.29) is 12.1 Å². The van der Waals surface area contributed by atoms with Crippen molar-refractivity contribution in [1.29, 1.82) is 0 Å². The Kier molecular flexibility index (Phi) is 4.67. The van der Waals surface area contributed by atoms with Crippen LogP contribution in [0.5, 0.6) is 5.75 Å². The number of hydrogen-bond donors (Lipinski definition) is 1. The van der Waals surface area contributed by atoms with Crippen molar-refractivity contribution in [2.45, 2.75) is 33.3 Å². The fourth-order valence-electron chi connectivity index (χ4n) is 2.79. The molecule has 0 radical (unpaired) electrons. The molecule has 3 rings (SSSR count). The lowest BCUT2D eigenvalue weighted by Gasteiger charge is -2.35. The van der Waals surface area contributed by atoms with Crippen LogP contribution >= 0.6 is 11.6 Å². The fourth-order valence-corrected chi connectivity index (χ4v) is 2.96. The van der Waals surface area contributed by atoms with Crippen LogP contribution in [0.2, 0.25) is 5.02 Å². The number of benzene rings is 2. The monoisotopic (exact) mass is 344 g/mol. The Morgan fingerprint density at radius 1 is 1.33 bits per heavy atom. The Balaban J connectivity index is 1.91. The summed E-state index contributed by atoms with van der Waals surface area (Å²) in [5.74, 6) is 0.747. The largest absolute Gasteiger partial charge is 0.486 e. The highest BCUT2D eigenvalue weighted by Crippen LogP contribution is 2.35. The molecular weight excluding hydrogens is 324 g/mol. The van der Waals surface area contributed by atoms with Gasteiger partial charge in [-0.2, -0.15) is 0 Å². The zero-order valence-corrected chi connectivity index (χ0v) is 14.9. The molecule has 0 unspecified atom stereocenters. The van der Waals surface area contributed by atoms with E-state index in [1.165, 1.54) is 0 Å². The average Bonchev–Trinajstić information content (AvgIpc) is 2.58. The van der Waals surface area contributed by atoms with Crippen LogP contribution in [0, 0.1) is 13.8 Å². The van der Waals surface area contributed by atoms with Gasteiger partial charge in [0, 0.05) is 10.7 Å². The zero-order valence-electron chi connectivity index (χ0n) is 14.1. The van der Waals surface area contributed by atoms with E-state index in [9.17, 15) is 4.79 Å². The number of aryl methyl sites for hydroxylation is 1. The molecule has 0 aliphatic carbocycles. The number of rotatable bonds is 2.